The monoisotopic (exact) mass is 109 g/mol. The summed E-state index contributed by atoms with van der Waals surface area (Å²) in [5.41, 5.74) is 2.50. The zero-order chi connectivity index (χ0) is 6.24. The highest BCUT2D eigenvalue weighted by atomic mass is 16.5. The maximum Gasteiger partial charge on any atom is 0.126 e. The van der Waals surface area contributed by atoms with Crippen LogP contribution in [0.1, 0.15) is 6.92 Å². The molecule has 0 bridgehead atoms. The largest absolute Gasteiger partial charge is 0.493 e. The van der Waals surface area contributed by atoms with Crippen molar-refractivity contribution < 1.29 is 4.74 Å². The molecular formula is C6H7NO. The maximum atomic E-state index is 7.92. The molecule has 0 aromatic heterocycles. The van der Waals surface area contributed by atoms with E-state index in [2.05, 4.69) is 5.73 Å². The van der Waals surface area contributed by atoms with Crippen molar-refractivity contribution in [2.75, 3.05) is 6.61 Å². The smallest absolute Gasteiger partial charge is 0.126 e. The fourth-order valence-electron chi connectivity index (χ4n) is 0.203. The van der Waals surface area contributed by atoms with Crippen molar-refractivity contribution in [3.05, 3.63) is 18.1 Å². The van der Waals surface area contributed by atoms with Crippen LogP contribution < -0.4 is 0 Å². The predicted molar refractivity (Wildman–Crippen MR) is 29.9 cm³/mol. The SMILES string of the molecule is CCOC=C=CC#N. The van der Waals surface area contributed by atoms with Crippen LogP contribution in [-0.2, 0) is 4.74 Å². The fourth-order valence-corrected chi connectivity index (χ4v) is 0.203. The van der Waals surface area contributed by atoms with E-state index in [-0.39, 0.29) is 0 Å². The van der Waals surface area contributed by atoms with Crippen molar-refractivity contribution in [1.29, 1.82) is 5.26 Å². The highest BCUT2D eigenvalue weighted by Gasteiger charge is 1.61. The predicted octanol–water partition coefficient (Wildman–Crippen LogP) is 1.22. The summed E-state index contributed by atoms with van der Waals surface area (Å²) in [5, 5.41) is 7.92. The van der Waals surface area contributed by atoms with E-state index < -0.39 is 0 Å². The number of ether oxygens (including phenoxy) is 1. The van der Waals surface area contributed by atoms with E-state index in [0.29, 0.717) is 6.61 Å². The molecule has 0 N–H and O–H groups in total. The van der Waals surface area contributed by atoms with Gasteiger partial charge >= 0.3 is 0 Å². The molecule has 0 spiro atoms. The van der Waals surface area contributed by atoms with Gasteiger partial charge in [0.1, 0.15) is 6.26 Å². The Morgan fingerprint density at radius 3 is 3.00 bits per heavy atom. The minimum atomic E-state index is 0.617. The number of nitrogens with zero attached hydrogens (tertiary/aromatic N) is 1. The van der Waals surface area contributed by atoms with Gasteiger partial charge < -0.3 is 4.74 Å². The molecule has 0 aromatic carbocycles. The Labute approximate surface area is 48.7 Å². The lowest BCUT2D eigenvalue weighted by Crippen LogP contribution is -1.73. The van der Waals surface area contributed by atoms with Crippen molar-refractivity contribution in [3.8, 4) is 6.07 Å². The zero-order valence-corrected chi connectivity index (χ0v) is 4.72. The Kier molecular flexibility index (Phi) is 4.95. The van der Waals surface area contributed by atoms with Gasteiger partial charge in [0.05, 0.1) is 18.8 Å². The van der Waals surface area contributed by atoms with E-state index >= 15 is 0 Å². The number of allylic oxidation sites excluding steroid dienone is 1. The van der Waals surface area contributed by atoms with Crippen LogP contribution in [0.25, 0.3) is 0 Å². The quantitative estimate of drug-likeness (QED) is 0.303. The molecule has 0 aliphatic heterocycles. The molecule has 2 nitrogen and oxygen atoms in total. The van der Waals surface area contributed by atoms with E-state index in [1.807, 2.05) is 6.92 Å². The lowest BCUT2D eigenvalue weighted by atomic mass is 10.7. The van der Waals surface area contributed by atoms with Crippen molar-refractivity contribution in [1.82, 2.24) is 0 Å². The van der Waals surface area contributed by atoms with Crippen LogP contribution in [0.5, 0.6) is 0 Å². The molecular weight excluding hydrogens is 102 g/mol. The molecule has 0 amide bonds. The average molecular weight is 109 g/mol. The summed E-state index contributed by atoms with van der Waals surface area (Å²) in [6.07, 6.45) is 2.60. The molecule has 0 rings (SSSR count). The second kappa shape index (κ2) is 5.81. The lowest BCUT2D eigenvalue weighted by molar-refractivity contribution is 0.270. The number of nitriles is 1. The van der Waals surface area contributed by atoms with Crippen LogP contribution in [0.4, 0.5) is 0 Å². The van der Waals surface area contributed by atoms with Crippen molar-refractivity contribution in [2.24, 2.45) is 0 Å². The molecule has 0 aliphatic carbocycles. The van der Waals surface area contributed by atoms with Gasteiger partial charge in [0.2, 0.25) is 0 Å². The third-order valence-corrected chi connectivity index (χ3v) is 0.466. The van der Waals surface area contributed by atoms with Crippen LogP contribution >= 0.6 is 0 Å². The van der Waals surface area contributed by atoms with Crippen LogP contribution in [0.2, 0.25) is 0 Å². The molecule has 0 saturated carbocycles. The topological polar surface area (TPSA) is 33.0 Å². The molecule has 0 fully saturated rings. The summed E-state index contributed by atoms with van der Waals surface area (Å²) in [4.78, 5) is 0. The second-order valence-corrected chi connectivity index (χ2v) is 1.01. The zero-order valence-electron chi connectivity index (χ0n) is 4.72. The normalized spacial score (nSPS) is 6.00. The van der Waals surface area contributed by atoms with E-state index in [4.69, 9.17) is 10.00 Å². The Hall–Kier alpha value is -1.19. The summed E-state index contributed by atoms with van der Waals surface area (Å²) in [7, 11) is 0. The van der Waals surface area contributed by atoms with Gasteiger partial charge in [0, 0.05) is 0 Å². The Morgan fingerprint density at radius 1 is 1.75 bits per heavy atom. The highest BCUT2D eigenvalue weighted by molar-refractivity contribution is 4.99. The summed E-state index contributed by atoms with van der Waals surface area (Å²) in [6, 6.07) is 1.78. The molecule has 0 unspecified atom stereocenters. The van der Waals surface area contributed by atoms with Crippen LogP contribution in [0.3, 0.4) is 0 Å². The summed E-state index contributed by atoms with van der Waals surface area (Å²) in [6.45, 7) is 2.48. The molecule has 42 valence electrons. The standard InChI is InChI=1S/C6H7NO/c1-2-8-6-4-3-5-7/h3,6H,2H2,1H3. The van der Waals surface area contributed by atoms with Gasteiger partial charge in [-0.2, -0.15) is 5.26 Å². The van der Waals surface area contributed by atoms with E-state index in [1.54, 1.807) is 6.07 Å². The van der Waals surface area contributed by atoms with Crippen LogP contribution in [0, 0.1) is 11.3 Å². The Balaban J connectivity index is 3.36. The van der Waals surface area contributed by atoms with Crippen molar-refractivity contribution >= 4 is 0 Å². The van der Waals surface area contributed by atoms with E-state index in [1.165, 1.54) is 12.3 Å². The van der Waals surface area contributed by atoms with Gasteiger partial charge in [-0.15, -0.1) is 0 Å². The third-order valence-electron chi connectivity index (χ3n) is 0.466. The van der Waals surface area contributed by atoms with Crippen LogP contribution in [-0.4, -0.2) is 6.61 Å². The van der Waals surface area contributed by atoms with Gasteiger partial charge in [-0.25, -0.2) is 0 Å². The number of hydrogen-bond acceptors (Lipinski definition) is 2. The Bertz CT molecular complexity index is 137. The maximum absolute atomic E-state index is 7.92. The summed E-state index contributed by atoms with van der Waals surface area (Å²) in [5.74, 6) is 0. The van der Waals surface area contributed by atoms with Gasteiger partial charge in [-0.3, -0.25) is 0 Å². The number of hydrogen-bond donors (Lipinski definition) is 0. The van der Waals surface area contributed by atoms with Crippen molar-refractivity contribution in [3.63, 3.8) is 0 Å². The number of rotatable bonds is 2. The first-order chi connectivity index (χ1) is 3.91. The van der Waals surface area contributed by atoms with Gasteiger partial charge in [-0.1, -0.05) is 5.73 Å². The second-order valence-electron chi connectivity index (χ2n) is 1.01. The first-order valence-corrected chi connectivity index (χ1v) is 2.32. The van der Waals surface area contributed by atoms with Gasteiger partial charge in [0.25, 0.3) is 0 Å². The lowest BCUT2D eigenvalue weighted by Gasteiger charge is -1.84. The van der Waals surface area contributed by atoms with Gasteiger partial charge in [0.15, 0.2) is 0 Å². The first kappa shape index (κ1) is 6.81. The third kappa shape index (κ3) is 4.81. The average Bonchev–Trinajstić information content (AvgIpc) is 1.81. The molecule has 0 saturated heterocycles. The highest BCUT2D eigenvalue weighted by Crippen LogP contribution is 1.70. The molecule has 8 heavy (non-hydrogen) atoms. The summed E-state index contributed by atoms with van der Waals surface area (Å²) < 4.78 is 4.72. The molecule has 0 radical (unpaired) electrons. The van der Waals surface area contributed by atoms with Gasteiger partial charge in [-0.05, 0) is 6.92 Å². The minimum Gasteiger partial charge on any atom is -0.493 e. The molecule has 0 aromatic rings. The van der Waals surface area contributed by atoms with Crippen molar-refractivity contribution in [2.45, 2.75) is 6.92 Å². The molecule has 2 heteroatoms. The fraction of sp³-hybridized carbons (Fsp3) is 0.333. The summed E-state index contributed by atoms with van der Waals surface area (Å²) >= 11 is 0. The Morgan fingerprint density at radius 2 is 2.50 bits per heavy atom. The van der Waals surface area contributed by atoms with E-state index in [9.17, 15) is 0 Å². The molecule has 0 heterocycles. The van der Waals surface area contributed by atoms with Crippen LogP contribution in [0.15, 0.2) is 18.1 Å². The molecule has 0 aliphatic rings. The minimum absolute atomic E-state index is 0.617. The first-order valence-electron chi connectivity index (χ1n) is 2.32. The van der Waals surface area contributed by atoms with E-state index in [0.717, 1.165) is 0 Å². The molecule has 0 atom stereocenters.